The number of hydrogen-bond donors (Lipinski definition) is 2. The SMILES string of the molecule is CCNC(CC)C(C)Sc1ncc[nH]1. The van der Waals surface area contributed by atoms with E-state index in [0.717, 1.165) is 18.1 Å². The third-order valence-electron chi connectivity index (χ3n) is 2.24. The predicted molar refractivity (Wildman–Crippen MR) is 61.7 cm³/mol. The van der Waals surface area contributed by atoms with Crippen LogP contribution in [0.4, 0.5) is 0 Å². The molecule has 0 fully saturated rings. The fourth-order valence-electron chi connectivity index (χ4n) is 1.48. The van der Waals surface area contributed by atoms with Crippen LogP contribution < -0.4 is 5.32 Å². The average Bonchev–Trinajstić information content (AvgIpc) is 2.66. The monoisotopic (exact) mass is 213 g/mol. The van der Waals surface area contributed by atoms with Crippen LogP contribution in [-0.4, -0.2) is 27.8 Å². The summed E-state index contributed by atoms with van der Waals surface area (Å²) in [6, 6.07) is 0.565. The van der Waals surface area contributed by atoms with Crippen LogP contribution in [0.1, 0.15) is 27.2 Å². The van der Waals surface area contributed by atoms with Crippen molar-refractivity contribution >= 4 is 11.8 Å². The van der Waals surface area contributed by atoms with Crippen molar-refractivity contribution in [1.29, 1.82) is 0 Å². The number of aromatic nitrogens is 2. The summed E-state index contributed by atoms with van der Waals surface area (Å²) in [5.74, 6) is 0. The molecule has 14 heavy (non-hydrogen) atoms. The molecule has 0 spiro atoms. The van der Waals surface area contributed by atoms with Gasteiger partial charge in [0.15, 0.2) is 5.16 Å². The topological polar surface area (TPSA) is 40.7 Å². The van der Waals surface area contributed by atoms with Gasteiger partial charge in [-0.15, -0.1) is 0 Å². The van der Waals surface area contributed by atoms with Gasteiger partial charge in [-0.3, -0.25) is 0 Å². The van der Waals surface area contributed by atoms with E-state index in [-0.39, 0.29) is 0 Å². The second-order valence-corrected chi connectivity index (χ2v) is 4.66. The molecule has 0 aromatic carbocycles. The lowest BCUT2D eigenvalue weighted by Gasteiger charge is -2.21. The summed E-state index contributed by atoms with van der Waals surface area (Å²) in [5, 5.41) is 5.04. The van der Waals surface area contributed by atoms with Crippen molar-refractivity contribution < 1.29 is 0 Å². The molecule has 80 valence electrons. The summed E-state index contributed by atoms with van der Waals surface area (Å²) in [6.07, 6.45) is 4.81. The number of H-pyrrole nitrogens is 1. The van der Waals surface area contributed by atoms with Gasteiger partial charge in [-0.25, -0.2) is 4.98 Å². The molecule has 2 N–H and O–H groups in total. The van der Waals surface area contributed by atoms with E-state index < -0.39 is 0 Å². The maximum atomic E-state index is 4.21. The Balaban J connectivity index is 2.43. The summed E-state index contributed by atoms with van der Waals surface area (Å²) >= 11 is 1.79. The molecule has 2 atom stereocenters. The van der Waals surface area contributed by atoms with Crippen LogP contribution in [0.25, 0.3) is 0 Å². The van der Waals surface area contributed by atoms with Crippen LogP contribution in [0.3, 0.4) is 0 Å². The van der Waals surface area contributed by atoms with Crippen molar-refractivity contribution in [3.8, 4) is 0 Å². The molecule has 2 unspecified atom stereocenters. The third kappa shape index (κ3) is 3.35. The minimum Gasteiger partial charge on any atom is -0.340 e. The lowest BCUT2D eigenvalue weighted by molar-refractivity contribution is 0.508. The third-order valence-corrected chi connectivity index (χ3v) is 3.39. The van der Waals surface area contributed by atoms with E-state index in [1.807, 2.05) is 6.20 Å². The van der Waals surface area contributed by atoms with Crippen molar-refractivity contribution in [2.75, 3.05) is 6.54 Å². The molecular weight excluding hydrogens is 194 g/mol. The van der Waals surface area contributed by atoms with E-state index >= 15 is 0 Å². The van der Waals surface area contributed by atoms with Crippen LogP contribution in [0, 0.1) is 0 Å². The molecule has 0 saturated carbocycles. The van der Waals surface area contributed by atoms with Crippen molar-refractivity contribution in [3.05, 3.63) is 12.4 Å². The highest BCUT2D eigenvalue weighted by molar-refractivity contribution is 7.99. The Kier molecular flexibility index (Phi) is 5.04. The van der Waals surface area contributed by atoms with Gasteiger partial charge in [-0.1, -0.05) is 32.5 Å². The summed E-state index contributed by atoms with van der Waals surface area (Å²) in [5.41, 5.74) is 0. The van der Waals surface area contributed by atoms with Gasteiger partial charge in [0, 0.05) is 23.7 Å². The molecule has 1 rings (SSSR count). The molecular formula is C10H19N3S. The average molecular weight is 213 g/mol. The van der Waals surface area contributed by atoms with Gasteiger partial charge in [0.05, 0.1) is 0 Å². The first kappa shape index (κ1) is 11.6. The Morgan fingerprint density at radius 3 is 2.86 bits per heavy atom. The van der Waals surface area contributed by atoms with Gasteiger partial charge in [0.2, 0.25) is 0 Å². The number of imidazole rings is 1. The summed E-state index contributed by atoms with van der Waals surface area (Å²) < 4.78 is 0. The number of rotatable bonds is 6. The van der Waals surface area contributed by atoms with E-state index in [2.05, 4.69) is 36.1 Å². The maximum absolute atomic E-state index is 4.21. The quantitative estimate of drug-likeness (QED) is 0.712. The number of aromatic amines is 1. The van der Waals surface area contributed by atoms with E-state index in [0.29, 0.717) is 11.3 Å². The summed E-state index contributed by atoms with van der Waals surface area (Å²) in [4.78, 5) is 7.33. The molecule has 0 aliphatic heterocycles. The van der Waals surface area contributed by atoms with E-state index in [4.69, 9.17) is 0 Å². The Morgan fingerprint density at radius 1 is 1.57 bits per heavy atom. The first-order valence-corrected chi connectivity index (χ1v) is 6.05. The minimum atomic E-state index is 0.547. The normalized spacial score (nSPS) is 15.4. The molecule has 0 aliphatic carbocycles. The molecule has 0 radical (unpaired) electrons. The molecule has 0 aliphatic rings. The van der Waals surface area contributed by atoms with Crippen LogP contribution in [0.5, 0.6) is 0 Å². The molecule has 0 saturated heterocycles. The Bertz CT molecular complexity index is 236. The van der Waals surface area contributed by atoms with Crippen molar-refractivity contribution in [2.24, 2.45) is 0 Å². The lowest BCUT2D eigenvalue weighted by atomic mass is 10.2. The van der Waals surface area contributed by atoms with Crippen LogP contribution in [0.15, 0.2) is 17.6 Å². The largest absolute Gasteiger partial charge is 0.340 e. The predicted octanol–water partition coefficient (Wildman–Crippen LogP) is 2.28. The Labute approximate surface area is 90.1 Å². The maximum Gasteiger partial charge on any atom is 0.165 e. The van der Waals surface area contributed by atoms with Crippen molar-refractivity contribution in [1.82, 2.24) is 15.3 Å². The van der Waals surface area contributed by atoms with Gasteiger partial charge >= 0.3 is 0 Å². The fourth-order valence-corrected chi connectivity index (χ4v) is 2.54. The zero-order chi connectivity index (χ0) is 10.4. The van der Waals surface area contributed by atoms with Gasteiger partial charge < -0.3 is 10.3 Å². The second kappa shape index (κ2) is 6.09. The van der Waals surface area contributed by atoms with Gasteiger partial charge in [0.1, 0.15) is 0 Å². The Morgan fingerprint density at radius 2 is 2.36 bits per heavy atom. The van der Waals surface area contributed by atoms with Crippen molar-refractivity contribution in [2.45, 2.75) is 43.6 Å². The zero-order valence-electron chi connectivity index (χ0n) is 9.08. The van der Waals surface area contributed by atoms with E-state index in [9.17, 15) is 0 Å². The van der Waals surface area contributed by atoms with Gasteiger partial charge in [-0.05, 0) is 13.0 Å². The smallest absolute Gasteiger partial charge is 0.165 e. The van der Waals surface area contributed by atoms with Crippen LogP contribution in [-0.2, 0) is 0 Å². The van der Waals surface area contributed by atoms with E-state index in [1.165, 1.54) is 0 Å². The van der Waals surface area contributed by atoms with Crippen molar-refractivity contribution in [3.63, 3.8) is 0 Å². The molecule has 1 heterocycles. The highest BCUT2D eigenvalue weighted by atomic mass is 32.2. The van der Waals surface area contributed by atoms with Crippen LogP contribution in [0.2, 0.25) is 0 Å². The number of hydrogen-bond acceptors (Lipinski definition) is 3. The minimum absolute atomic E-state index is 0.547. The zero-order valence-corrected chi connectivity index (χ0v) is 9.90. The van der Waals surface area contributed by atoms with Gasteiger partial charge in [-0.2, -0.15) is 0 Å². The lowest BCUT2D eigenvalue weighted by Crippen LogP contribution is -2.35. The number of thioether (sulfide) groups is 1. The molecule has 4 heteroatoms. The summed E-state index contributed by atoms with van der Waals surface area (Å²) in [7, 11) is 0. The Hall–Kier alpha value is -0.480. The highest BCUT2D eigenvalue weighted by Crippen LogP contribution is 2.22. The second-order valence-electron chi connectivity index (χ2n) is 3.29. The molecule has 0 amide bonds. The summed E-state index contributed by atoms with van der Waals surface area (Å²) in [6.45, 7) is 7.63. The fraction of sp³-hybridized carbons (Fsp3) is 0.700. The molecule has 1 aromatic heterocycles. The molecule has 1 aromatic rings. The molecule has 3 nitrogen and oxygen atoms in total. The van der Waals surface area contributed by atoms with Gasteiger partial charge in [0.25, 0.3) is 0 Å². The number of nitrogens with zero attached hydrogens (tertiary/aromatic N) is 1. The standard InChI is InChI=1S/C10H19N3S/c1-4-9(11-5-2)8(3)14-10-12-6-7-13-10/h6-9,11H,4-5H2,1-3H3,(H,12,13). The number of nitrogens with one attached hydrogen (secondary N) is 2. The first-order valence-electron chi connectivity index (χ1n) is 5.17. The highest BCUT2D eigenvalue weighted by Gasteiger charge is 2.15. The van der Waals surface area contributed by atoms with Crippen LogP contribution >= 0.6 is 11.8 Å². The molecule has 0 bridgehead atoms. The first-order chi connectivity index (χ1) is 6.77. The van der Waals surface area contributed by atoms with E-state index in [1.54, 1.807) is 18.0 Å².